The van der Waals surface area contributed by atoms with Crippen LogP contribution in [0.15, 0.2) is 30.5 Å². The zero-order chi connectivity index (χ0) is 13.1. The van der Waals surface area contributed by atoms with Gasteiger partial charge in [-0.25, -0.2) is 8.78 Å². The van der Waals surface area contributed by atoms with E-state index in [0.29, 0.717) is 11.4 Å². The van der Waals surface area contributed by atoms with Gasteiger partial charge in [-0.2, -0.15) is 5.26 Å². The molecule has 3 nitrogen and oxygen atoms in total. The van der Waals surface area contributed by atoms with Crippen LogP contribution in [0, 0.1) is 29.9 Å². The molecule has 0 radical (unpaired) electrons. The molecule has 0 aliphatic rings. The smallest absolute Gasteiger partial charge is 0.183 e. The van der Waals surface area contributed by atoms with Crippen molar-refractivity contribution in [3.63, 3.8) is 0 Å². The Morgan fingerprint density at radius 1 is 1.17 bits per heavy atom. The van der Waals surface area contributed by atoms with Gasteiger partial charge in [0.1, 0.15) is 6.07 Å². The van der Waals surface area contributed by atoms with Crippen molar-refractivity contribution in [1.29, 1.82) is 5.26 Å². The normalized spacial score (nSPS) is 9.89. The van der Waals surface area contributed by atoms with Crippen LogP contribution in [0.5, 0.6) is 0 Å². The first-order valence-corrected chi connectivity index (χ1v) is 5.20. The second-order valence-electron chi connectivity index (χ2n) is 3.66. The van der Waals surface area contributed by atoms with Crippen LogP contribution >= 0.6 is 0 Å². The Bertz CT molecular complexity index is 633. The summed E-state index contributed by atoms with van der Waals surface area (Å²) in [7, 11) is 0. The fraction of sp³-hybridized carbons (Fsp3) is 0.0769. The predicted molar refractivity (Wildman–Crippen MR) is 63.3 cm³/mol. The van der Waals surface area contributed by atoms with E-state index >= 15 is 0 Å². The summed E-state index contributed by atoms with van der Waals surface area (Å²) >= 11 is 0. The molecule has 0 amide bonds. The van der Waals surface area contributed by atoms with Crippen LogP contribution in [0.3, 0.4) is 0 Å². The van der Waals surface area contributed by atoms with Crippen LogP contribution < -0.4 is 5.32 Å². The van der Waals surface area contributed by atoms with Gasteiger partial charge in [-0.1, -0.05) is 0 Å². The molecule has 0 aliphatic carbocycles. The zero-order valence-electron chi connectivity index (χ0n) is 9.54. The van der Waals surface area contributed by atoms with E-state index in [4.69, 9.17) is 5.26 Å². The minimum absolute atomic E-state index is 0.0254. The first-order chi connectivity index (χ1) is 8.63. The second kappa shape index (κ2) is 4.80. The number of hydrogen-bond acceptors (Lipinski definition) is 3. The summed E-state index contributed by atoms with van der Waals surface area (Å²) in [6, 6.07) is 7.53. The Kier molecular flexibility index (Phi) is 3.20. The van der Waals surface area contributed by atoms with Crippen LogP contribution in [-0.2, 0) is 0 Å². The molecular weight excluding hydrogens is 236 g/mol. The van der Waals surface area contributed by atoms with Gasteiger partial charge in [-0.15, -0.1) is 0 Å². The molecule has 0 saturated heterocycles. The average Bonchev–Trinajstić information content (AvgIpc) is 2.38. The first kappa shape index (κ1) is 12.0. The molecule has 0 fully saturated rings. The van der Waals surface area contributed by atoms with E-state index in [1.54, 1.807) is 31.3 Å². The van der Waals surface area contributed by atoms with Crippen molar-refractivity contribution >= 4 is 11.4 Å². The number of nitrogens with one attached hydrogen (secondary N) is 1. The number of nitriles is 1. The maximum Gasteiger partial charge on any atom is 0.183 e. The Morgan fingerprint density at radius 2 is 1.94 bits per heavy atom. The highest BCUT2D eigenvalue weighted by molar-refractivity contribution is 5.63. The van der Waals surface area contributed by atoms with Crippen LogP contribution in [0.25, 0.3) is 0 Å². The number of rotatable bonds is 2. The summed E-state index contributed by atoms with van der Waals surface area (Å²) in [6.07, 6.45) is 1.61. The minimum atomic E-state index is -1.15. The van der Waals surface area contributed by atoms with Gasteiger partial charge in [0.2, 0.25) is 0 Å². The molecule has 5 heteroatoms. The highest BCUT2D eigenvalue weighted by Crippen LogP contribution is 2.24. The van der Waals surface area contributed by atoms with E-state index in [9.17, 15) is 8.78 Å². The maximum atomic E-state index is 13.7. The van der Waals surface area contributed by atoms with Crippen molar-refractivity contribution in [2.24, 2.45) is 0 Å². The fourth-order valence-electron chi connectivity index (χ4n) is 1.49. The summed E-state index contributed by atoms with van der Waals surface area (Å²) in [5, 5.41) is 11.3. The third-order valence-electron chi connectivity index (χ3n) is 2.48. The average molecular weight is 245 g/mol. The lowest BCUT2D eigenvalue weighted by molar-refractivity contribution is 0.509. The Hall–Kier alpha value is -2.48. The van der Waals surface area contributed by atoms with Crippen molar-refractivity contribution in [2.45, 2.75) is 6.92 Å². The monoisotopic (exact) mass is 245 g/mol. The molecule has 0 unspecified atom stereocenters. The molecule has 1 N–H and O–H groups in total. The third kappa shape index (κ3) is 2.13. The second-order valence-corrected chi connectivity index (χ2v) is 3.66. The van der Waals surface area contributed by atoms with Crippen molar-refractivity contribution in [3.05, 3.63) is 53.4 Å². The van der Waals surface area contributed by atoms with Crippen molar-refractivity contribution in [1.82, 2.24) is 4.98 Å². The largest absolute Gasteiger partial charge is 0.352 e. The number of hydrogen-bond donors (Lipinski definition) is 1. The van der Waals surface area contributed by atoms with E-state index in [1.165, 1.54) is 12.1 Å². The number of pyridine rings is 1. The molecule has 0 saturated carbocycles. The van der Waals surface area contributed by atoms with Gasteiger partial charge < -0.3 is 5.32 Å². The van der Waals surface area contributed by atoms with E-state index in [-0.39, 0.29) is 11.3 Å². The lowest BCUT2D eigenvalue weighted by atomic mass is 10.2. The number of nitrogens with zero attached hydrogens (tertiary/aromatic N) is 2. The molecule has 0 bridgehead atoms. The van der Waals surface area contributed by atoms with Gasteiger partial charge in [0, 0.05) is 6.20 Å². The van der Waals surface area contributed by atoms with Crippen LogP contribution in [-0.4, -0.2) is 4.98 Å². The fourth-order valence-corrected chi connectivity index (χ4v) is 1.49. The summed E-state index contributed by atoms with van der Waals surface area (Å²) in [5.41, 5.74) is 0.908. The zero-order valence-corrected chi connectivity index (χ0v) is 9.54. The molecule has 1 aromatic heterocycles. The molecule has 2 rings (SSSR count). The predicted octanol–water partition coefficient (Wildman–Crippen LogP) is 3.28. The maximum absolute atomic E-state index is 13.7. The van der Waals surface area contributed by atoms with Crippen molar-refractivity contribution in [3.8, 4) is 6.07 Å². The SMILES string of the molecule is Cc1ncccc1Nc1ccc(C#N)c(F)c1F. The van der Waals surface area contributed by atoms with E-state index < -0.39 is 11.6 Å². The summed E-state index contributed by atoms with van der Waals surface area (Å²) in [5.74, 6) is -2.22. The number of benzene rings is 1. The Labute approximate surface area is 103 Å². The Balaban J connectivity index is 2.40. The molecule has 1 aromatic carbocycles. The number of aryl methyl sites for hydroxylation is 1. The highest BCUT2D eigenvalue weighted by atomic mass is 19.2. The van der Waals surface area contributed by atoms with Gasteiger partial charge in [0.05, 0.1) is 22.6 Å². The van der Waals surface area contributed by atoms with Gasteiger partial charge in [-0.3, -0.25) is 4.98 Å². The van der Waals surface area contributed by atoms with Crippen LogP contribution in [0.1, 0.15) is 11.3 Å². The molecule has 90 valence electrons. The number of halogens is 2. The van der Waals surface area contributed by atoms with Crippen molar-refractivity contribution in [2.75, 3.05) is 5.32 Å². The topological polar surface area (TPSA) is 48.7 Å². The number of aromatic nitrogens is 1. The van der Waals surface area contributed by atoms with Crippen LogP contribution in [0.2, 0.25) is 0 Å². The molecule has 0 atom stereocenters. The van der Waals surface area contributed by atoms with E-state index in [2.05, 4.69) is 10.3 Å². The molecular formula is C13H9F2N3. The highest BCUT2D eigenvalue weighted by Gasteiger charge is 2.13. The van der Waals surface area contributed by atoms with Crippen molar-refractivity contribution < 1.29 is 8.78 Å². The standard InChI is InChI=1S/C13H9F2N3/c1-8-10(3-2-6-17-8)18-11-5-4-9(7-16)12(14)13(11)15/h2-6,18H,1H3. The molecule has 0 aliphatic heterocycles. The van der Waals surface area contributed by atoms with E-state index in [0.717, 1.165) is 0 Å². The molecule has 2 aromatic rings. The summed E-state index contributed by atoms with van der Waals surface area (Å²) in [6.45, 7) is 1.75. The van der Waals surface area contributed by atoms with Gasteiger partial charge in [-0.05, 0) is 31.2 Å². The third-order valence-corrected chi connectivity index (χ3v) is 2.48. The number of anilines is 2. The van der Waals surface area contributed by atoms with Gasteiger partial charge in [0.25, 0.3) is 0 Å². The summed E-state index contributed by atoms with van der Waals surface area (Å²) < 4.78 is 27.1. The molecule has 1 heterocycles. The minimum Gasteiger partial charge on any atom is -0.352 e. The first-order valence-electron chi connectivity index (χ1n) is 5.20. The lowest BCUT2D eigenvalue weighted by Crippen LogP contribution is -2.00. The lowest BCUT2D eigenvalue weighted by Gasteiger charge is -2.10. The molecule has 0 spiro atoms. The van der Waals surface area contributed by atoms with Gasteiger partial charge >= 0.3 is 0 Å². The van der Waals surface area contributed by atoms with E-state index in [1.807, 2.05) is 0 Å². The van der Waals surface area contributed by atoms with Gasteiger partial charge in [0.15, 0.2) is 11.6 Å². The van der Waals surface area contributed by atoms with Crippen LogP contribution in [0.4, 0.5) is 20.2 Å². The molecule has 18 heavy (non-hydrogen) atoms. The Morgan fingerprint density at radius 3 is 2.61 bits per heavy atom. The summed E-state index contributed by atoms with van der Waals surface area (Å²) in [4.78, 5) is 4.03. The quantitative estimate of drug-likeness (QED) is 0.883.